The Balaban J connectivity index is 1.96. The minimum absolute atomic E-state index is 0.000319. The van der Waals surface area contributed by atoms with Crippen LogP contribution in [0.15, 0.2) is 0 Å². The zero-order valence-corrected chi connectivity index (χ0v) is 8.02. The monoisotopic (exact) mass is 196 g/mol. The molecule has 3 amide bonds. The predicted octanol–water partition coefficient (Wildman–Crippen LogP) is -0.634. The van der Waals surface area contributed by atoms with E-state index in [1.165, 1.54) is 11.8 Å². The summed E-state index contributed by atoms with van der Waals surface area (Å²) in [5, 5.41) is 0. The largest absolute Gasteiger partial charge is 0.339 e. The van der Waals surface area contributed by atoms with Crippen molar-refractivity contribution in [3.8, 4) is 0 Å². The quantitative estimate of drug-likeness (QED) is 0.524. The fourth-order valence-electron chi connectivity index (χ4n) is 1.88. The first-order chi connectivity index (χ1) is 6.59. The van der Waals surface area contributed by atoms with Gasteiger partial charge >= 0.3 is 0 Å². The molecule has 0 aromatic heterocycles. The number of imide groups is 1. The Morgan fingerprint density at radius 1 is 1.21 bits per heavy atom. The summed E-state index contributed by atoms with van der Waals surface area (Å²) in [5.41, 5.74) is 0. The minimum atomic E-state index is -0.0943. The van der Waals surface area contributed by atoms with Crippen LogP contribution >= 0.6 is 0 Å². The fraction of sp³-hybridized carbons (Fsp3) is 0.667. The van der Waals surface area contributed by atoms with Crippen molar-refractivity contribution in [1.82, 2.24) is 9.80 Å². The van der Waals surface area contributed by atoms with Gasteiger partial charge in [0, 0.05) is 32.9 Å². The van der Waals surface area contributed by atoms with Gasteiger partial charge in [0.1, 0.15) is 0 Å². The minimum Gasteiger partial charge on any atom is -0.339 e. The number of amides is 3. The number of likely N-dealkylation sites (tertiary alicyclic amines) is 2. The molecule has 0 N–H and O–H groups in total. The van der Waals surface area contributed by atoms with Crippen molar-refractivity contribution >= 4 is 17.7 Å². The summed E-state index contributed by atoms with van der Waals surface area (Å²) in [6.45, 7) is 2.50. The van der Waals surface area contributed by atoms with Crippen molar-refractivity contribution in [1.29, 1.82) is 0 Å². The number of carbonyl (C=O) groups excluding carboxylic acids is 3. The van der Waals surface area contributed by atoms with Crippen LogP contribution in [0, 0.1) is 0 Å². The summed E-state index contributed by atoms with van der Waals surface area (Å²) in [6.07, 6.45) is 0.658. The highest BCUT2D eigenvalue weighted by atomic mass is 16.2. The van der Waals surface area contributed by atoms with Gasteiger partial charge in [-0.3, -0.25) is 19.3 Å². The van der Waals surface area contributed by atoms with Gasteiger partial charge in [0.25, 0.3) is 0 Å². The predicted molar refractivity (Wildman–Crippen MR) is 47.1 cm³/mol. The van der Waals surface area contributed by atoms with Gasteiger partial charge in [0.15, 0.2) is 0 Å². The molecule has 0 radical (unpaired) electrons. The van der Waals surface area contributed by atoms with Crippen LogP contribution in [0.25, 0.3) is 0 Å². The SMILES string of the molecule is CC(=O)N1CC(N2C(=O)CCC2=O)C1. The maximum atomic E-state index is 11.3. The first-order valence-corrected chi connectivity index (χ1v) is 4.70. The molecule has 0 aromatic carbocycles. The molecule has 2 aliphatic rings. The molecule has 2 saturated heterocycles. The van der Waals surface area contributed by atoms with Crippen LogP contribution in [0.3, 0.4) is 0 Å². The number of rotatable bonds is 1. The standard InChI is InChI=1S/C9H12N2O3/c1-6(12)10-4-7(5-10)11-8(13)2-3-9(11)14/h7H,2-5H2,1H3. The van der Waals surface area contributed by atoms with Crippen molar-refractivity contribution in [3.63, 3.8) is 0 Å². The second kappa shape index (κ2) is 3.08. The maximum Gasteiger partial charge on any atom is 0.230 e. The van der Waals surface area contributed by atoms with Gasteiger partial charge in [-0.1, -0.05) is 0 Å². The van der Waals surface area contributed by atoms with Gasteiger partial charge in [-0.25, -0.2) is 0 Å². The second-order valence-corrected chi connectivity index (χ2v) is 3.74. The summed E-state index contributed by atoms with van der Waals surface area (Å²) < 4.78 is 0. The van der Waals surface area contributed by atoms with E-state index in [0.717, 1.165) is 0 Å². The Morgan fingerprint density at radius 2 is 1.71 bits per heavy atom. The molecule has 2 aliphatic heterocycles. The molecular formula is C9H12N2O3. The molecule has 0 aliphatic carbocycles. The van der Waals surface area contributed by atoms with Crippen molar-refractivity contribution in [2.75, 3.05) is 13.1 Å². The molecule has 2 heterocycles. The molecule has 76 valence electrons. The van der Waals surface area contributed by atoms with E-state index in [4.69, 9.17) is 0 Å². The van der Waals surface area contributed by atoms with Crippen molar-refractivity contribution < 1.29 is 14.4 Å². The fourth-order valence-corrected chi connectivity index (χ4v) is 1.88. The summed E-state index contributed by atoms with van der Waals surface area (Å²) in [5.74, 6) is -0.188. The summed E-state index contributed by atoms with van der Waals surface area (Å²) in [4.78, 5) is 36.4. The molecule has 0 aromatic rings. The Kier molecular flexibility index (Phi) is 2.02. The first kappa shape index (κ1) is 9.18. The molecule has 2 rings (SSSR count). The van der Waals surface area contributed by atoms with E-state index in [1.807, 2.05) is 0 Å². The highest BCUT2D eigenvalue weighted by Gasteiger charge is 2.41. The van der Waals surface area contributed by atoms with Crippen LogP contribution in [0.2, 0.25) is 0 Å². The van der Waals surface area contributed by atoms with Gasteiger partial charge in [0.2, 0.25) is 17.7 Å². The Bertz CT molecular complexity index is 291. The van der Waals surface area contributed by atoms with Crippen LogP contribution in [0.5, 0.6) is 0 Å². The van der Waals surface area contributed by atoms with Gasteiger partial charge < -0.3 is 4.90 Å². The van der Waals surface area contributed by atoms with E-state index in [1.54, 1.807) is 4.90 Å². The first-order valence-electron chi connectivity index (χ1n) is 4.70. The molecule has 0 saturated carbocycles. The molecule has 0 spiro atoms. The Hall–Kier alpha value is -1.39. The van der Waals surface area contributed by atoms with E-state index in [2.05, 4.69) is 0 Å². The van der Waals surface area contributed by atoms with Gasteiger partial charge in [-0.05, 0) is 0 Å². The van der Waals surface area contributed by atoms with Gasteiger partial charge in [0.05, 0.1) is 6.04 Å². The van der Waals surface area contributed by atoms with E-state index >= 15 is 0 Å². The average molecular weight is 196 g/mol. The zero-order valence-electron chi connectivity index (χ0n) is 8.02. The van der Waals surface area contributed by atoms with Crippen molar-refractivity contribution in [2.45, 2.75) is 25.8 Å². The summed E-state index contributed by atoms with van der Waals surface area (Å²) >= 11 is 0. The summed E-state index contributed by atoms with van der Waals surface area (Å²) in [6, 6.07) is -0.0681. The third-order valence-corrected chi connectivity index (χ3v) is 2.76. The molecule has 0 unspecified atom stereocenters. The lowest BCUT2D eigenvalue weighted by molar-refractivity contribution is -0.150. The Labute approximate surface area is 81.7 Å². The van der Waals surface area contributed by atoms with E-state index in [-0.39, 0.29) is 23.8 Å². The normalized spacial score (nSPS) is 22.9. The zero-order chi connectivity index (χ0) is 10.3. The Morgan fingerprint density at radius 3 is 2.14 bits per heavy atom. The van der Waals surface area contributed by atoms with Crippen molar-refractivity contribution in [3.05, 3.63) is 0 Å². The molecule has 0 bridgehead atoms. The molecule has 5 heteroatoms. The molecule has 2 fully saturated rings. The van der Waals surface area contributed by atoms with Gasteiger partial charge in [-0.15, -0.1) is 0 Å². The topological polar surface area (TPSA) is 57.7 Å². The van der Waals surface area contributed by atoms with Gasteiger partial charge in [-0.2, -0.15) is 0 Å². The number of hydrogen-bond acceptors (Lipinski definition) is 3. The lowest BCUT2D eigenvalue weighted by Crippen LogP contribution is -2.61. The van der Waals surface area contributed by atoms with Crippen LogP contribution in [-0.2, 0) is 14.4 Å². The van der Waals surface area contributed by atoms with E-state index in [9.17, 15) is 14.4 Å². The van der Waals surface area contributed by atoms with Crippen molar-refractivity contribution in [2.24, 2.45) is 0 Å². The lowest BCUT2D eigenvalue weighted by Gasteiger charge is -2.42. The van der Waals surface area contributed by atoms with Crippen LogP contribution < -0.4 is 0 Å². The number of nitrogens with zero attached hydrogens (tertiary/aromatic N) is 2. The third-order valence-electron chi connectivity index (χ3n) is 2.76. The highest BCUT2D eigenvalue weighted by molar-refractivity contribution is 6.02. The van der Waals surface area contributed by atoms with Crippen LogP contribution in [-0.4, -0.2) is 46.7 Å². The molecule has 5 nitrogen and oxygen atoms in total. The molecule has 14 heavy (non-hydrogen) atoms. The highest BCUT2D eigenvalue weighted by Crippen LogP contribution is 2.21. The van der Waals surface area contributed by atoms with Crippen LogP contribution in [0.1, 0.15) is 19.8 Å². The van der Waals surface area contributed by atoms with Crippen LogP contribution in [0.4, 0.5) is 0 Å². The second-order valence-electron chi connectivity index (χ2n) is 3.74. The third kappa shape index (κ3) is 1.29. The molecular weight excluding hydrogens is 184 g/mol. The van der Waals surface area contributed by atoms with E-state index < -0.39 is 0 Å². The smallest absolute Gasteiger partial charge is 0.230 e. The molecule has 0 atom stereocenters. The summed E-state index contributed by atoms with van der Waals surface area (Å²) in [7, 11) is 0. The number of carbonyl (C=O) groups is 3. The maximum absolute atomic E-state index is 11.3. The average Bonchev–Trinajstić information content (AvgIpc) is 2.32. The number of hydrogen-bond donors (Lipinski definition) is 0. The lowest BCUT2D eigenvalue weighted by atomic mass is 10.1. The van der Waals surface area contributed by atoms with E-state index in [0.29, 0.717) is 25.9 Å².